The molecule has 0 saturated heterocycles. The number of thiocarbonyl (C=S) groups is 1. The van der Waals surface area contributed by atoms with Crippen LogP contribution in [0.15, 0.2) is 36.4 Å². The molecular weight excluding hydrogens is 516 g/mol. The first kappa shape index (κ1) is 24.9. The van der Waals surface area contributed by atoms with E-state index in [-0.39, 0.29) is 10.7 Å². The zero-order valence-corrected chi connectivity index (χ0v) is 20.2. The van der Waals surface area contributed by atoms with Gasteiger partial charge in [-0.2, -0.15) is 0 Å². The van der Waals surface area contributed by atoms with Gasteiger partial charge in [0.1, 0.15) is 6.17 Å². The highest BCUT2D eigenvalue weighted by Gasteiger charge is 2.35. The van der Waals surface area contributed by atoms with Crippen molar-refractivity contribution >= 4 is 86.9 Å². The van der Waals surface area contributed by atoms with Crippen molar-refractivity contribution in [3.05, 3.63) is 52.0 Å². The number of anilines is 1. The average molecular weight is 532 g/mol. The largest absolute Gasteiger partial charge is 0.493 e. The summed E-state index contributed by atoms with van der Waals surface area (Å²) in [7, 11) is 2.94. The third-order valence-electron chi connectivity index (χ3n) is 3.73. The lowest BCUT2D eigenvalue weighted by atomic mass is 10.2. The molecule has 0 fully saturated rings. The van der Waals surface area contributed by atoms with Gasteiger partial charge in [0.15, 0.2) is 16.6 Å². The zero-order chi connectivity index (χ0) is 22.5. The summed E-state index contributed by atoms with van der Waals surface area (Å²) in [5.74, 6) is 0.291. The van der Waals surface area contributed by atoms with Crippen LogP contribution in [0, 0.1) is 0 Å². The first-order valence-corrected chi connectivity index (χ1v) is 10.5. The van der Waals surface area contributed by atoms with Crippen LogP contribution in [0.3, 0.4) is 0 Å². The molecule has 0 aliphatic rings. The lowest BCUT2D eigenvalue weighted by Gasteiger charge is -2.28. The van der Waals surface area contributed by atoms with Crippen molar-refractivity contribution in [2.75, 3.05) is 19.5 Å². The maximum atomic E-state index is 12.7. The van der Waals surface area contributed by atoms with Crippen LogP contribution in [0.5, 0.6) is 11.5 Å². The Morgan fingerprint density at radius 1 is 1.00 bits per heavy atom. The number of rotatable bonds is 6. The molecule has 0 radical (unpaired) electrons. The van der Waals surface area contributed by atoms with Gasteiger partial charge in [-0.25, -0.2) is 0 Å². The summed E-state index contributed by atoms with van der Waals surface area (Å²) in [6.45, 7) is 0. The van der Waals surface area contributed by atoms with Crippen molar-refractivity contribution in [3.63, 3.8) is 0 Å². The van der Waals surface area contributed by atoms with E-state index in [0.29, 0.717) is 27.2 Å². The fraction of sp³-hybridized carbons (Fsp3) is 0.222. The highest BCUT2D eigenvalue weighted by atomic mass is 35.6. The van der Waals surface area contributed by atoms with Crippen molar-refractivity contribution in [2.45, 2.75) is 9.96 Å². The third kappa shape index (κ3) is 6.57. The molecule has 12 heteroatoms. The van der Waals surface area contributed by atoms with E-state index < -0.39 is 15.9 Å². The van der Waals surface area contributed by atoms with Gasteiger partial charge in [0.2, 0.25) is 3.79 Å². The summed E-state index contributed by atoms with van der Waals surface area (Å²) in [6, 6.07) is 9.54. The second-order valence-electron chi connectivity index (χ2n) is 5.71. The van der Waals surface area contributed by atoms with Crippen molar-refractivity contribution in [1.82, 2.24) is 10.6 Å². The molecule has 1 amide bonds. The minimum absolute atomic E-state index is 0.0222. The van der Waals surface area contributed by atoms with Crippen LogP contribution in [0.2, 0.25) is 10.0 Å². The summed E-state index contributed by atoms with van der Waals surface area (Å²) in [5.41, 5.74) is 0.620. The van der Waals surface area contributed by atoms with Crippen LogP contribution in [0.4, 0.5) is 5.69 Å². The van der Waals surface area contributed by atoms with Gasteiger partial charge >= 0.3 is 0 Å². The third-order valence-corrected chi connectivity index (χ3v) is 5.23. The summed E-state index contributed by atoms with van der Waals surface area (Å²) in [4.78, 5) is 12.7. The number of amides is 1. The molecule has 0 saturated carbocycles. The molecule has 0 heterocycles. The van der Waals surface area contributed by atoms with E-state index in [1.807, 2.05) is 0 Å². The van der Waals surface area contributed by atoms with Gasteiger partial charge < -0.3 is 25.4 Å². The van der Waals surface area contributed by atoms with Crippen LogP contribution >= 0.6 is 70.2 Å². The summed E-state index contributed by atoms with van der Waals surface area (Å²) < 4.78 is 8.41. The Bertz CT molecular complexity index is 920. The van der Waals surface area contributed by atoms with Crippen molar-refractivity contribution in [2.24, 2.45) is 0 Å². The molecule has 3 N–H and O–H groups in total. The number of alkyl halides is 3. The van der Waals surface area contributed by atoms with Crippen LogP contribution in [0.1, 0.15) is 10.4 Å². The van der Waals surface area contributed by atoms with Gasteiger partial charge in [-0.1, -0.05) is 64.1 Å². The number of hydrogen-bond donors (Lipinski definition) is 3. The number of methoxy groups -OCH3 is 2. The lowest BCUT2D eigenvalue weighted by Crippen LogP contribution is -2.56. The molecule has 2 rings (SSSR count). The normalized spacial score (nSPS) is 12.0. The predicted molar refractivity (Wildman–Crippen MR) is 127 cm³/mol. The van der Waals surface area contributed by atoms with Crippen molar-refractivity contribution in [3.8, 4) is 11.5 Å². The Morgan fingerprint density at radius 2 is 1.60 bits per heavy atom. The second-order valence-corrected chi connectivity index (χ2v) is 9.30. The molecule has 0 bridgehead atoms. The van der Waals surface area contributed by atoms with E-state index in [0.717, 1.165) is 0 Å². The van der Waals surface area contributed by atoms with Gasteiger partial charge in [0, 0.05) is 5.56 Å². The van der Waals surface area contributed by atoms with Gasteiger partial charge in [-0.05, 0) is 42.5 Å². The number of carbonyl (C=O) groups excluding carboxylic acids is 1. The number of nitrogens with one attached hydrogen (secondary N) is 3. The summed E-state index contributed by atoms with van der Waals surface area (Å²) in [5, 5.41) is 8.82. The number of hydrogen-bond acceptors (Lipinski definition) is 4. The Morgan fingerprint density at radius 3 is 2.13 bits per heavy atom. The Kier molecular flexibility index (Phi) is 8.97. The van der Waals surface area contributed by atoms with Crippen molar-refractivity contribution < 1.29 is 14.3 Å². The molecular formula is C18H16Cl5N3O3S. The number of para-hydroxylation sites is 1. The van der Waals surface area contributed by atoms with E-state index in [1.54, 1.807) is 24.3 Å². The molecule has 0 aliphatic carbocycles. The number of carbonyl (C=O) groups is 1. The standard InChI is InChI=1S/C18H16Cl5N3O3S/c1-28-12-7-6-9(8-13(12)29-2)15(27)25-16(18(21,22)23)26-17(30)24-14-10(19)4-3-5-11(14)20/h3-8,16H,1-2H3,(H,25,27)(H2,24,26,30)/t16-/m0/s1. The van der Waals surface area contributed by atoms with Crippen molar-refractivity contribution in [1.29, 1.82) is 0 Å². The average Bonchev–Trinajstić information content (AvgIpc) is 2.69. The maximum Gasteiger partial charge on any atom is 0.253 e. The summed E-state index contributed by atoms with van der Waals surface area (Å²) >= 11 is 35.5. The Labute approximate surface area is 204 Å². The fourth-order valence-electron chi connectivity index (χ4n) is 2.29. The van der Waals surface area contributed by atoms with E-state index in [2.05, 4.69) is 16.0 Å². The molecule has 0 spiro atoms. The second kappa shape index (κ2) is 10.8. The van der Waals surface area contributed by atoms with Crippen LogP contribution < -0.4 is 25.4 Å². The SMILES string of the molecule is COc1ccc(C(=O)N[C@@H](NC(=S)Nc2c(Cl)cccc2Cl)C(Cl)(Cl)Cl)cc1OC. The minimum atomic E-state index is -1.94. The molecule has 30 heavy (non-hydrogen) atoms. The topological polar surface area (TPSA) is 71.6 Å². The van der Waals surface area contributed by atoms with Crippen LogP contribution in [-0.4, -0.2) is 35.2 Å². The number of ether oxygens (including phenoxy) is 2. The molecule has 162 valence electrons. The predicted octanol–water partition coefficient (Wildman–Crippen LogP) is 5.42. The molecule has 1 atom stereocenters. The van der Waals surface area contributed by atoms with E-state index >= 15 is 0 Å². The Hall–Kier alpha value is -1.35. The maximum absolute atomic E-state index is 12.7. The van der Waals surface area contributed by atoms with Gasteiger partial charge in [-0.15, -0.1) is 0 Å². The smallest absolute Gasteiger partial charge is 0.253 e. The van der Waals surface area contributed by atoms with Crippen LogP contribution in [-0.2, 0) is 0 Å². The van der Waals surface area contributed by atoms with Gasteiger partial charge in [0.05, 0.1) is 30.0 Å². The zero-order valence-electron chi connectivity index (χ0n) is 15.6. The molecule has 0 aliphatic heterocycles. The van der Waals surface area contributed by atoms with E-state index in [9.17, 15) is 4.79 Å². The number of halogens is 5. The molecule has 2 aromatic carbocycles. The van der Waals surface area contributed by atoms with E-state index in [1.165, 1.54) is 26.4 Å². The number of benzene rings is 2. The van der Waals surface area contributed by atoms with E-state index in [4.69, 9.17) is 79.7 Å². The summed E-state index contributed by atoms with van der Waals surface area (Å²) in [6.07, 6.45) is -1.19. The molecule has 0 unspecified atom stereocenters. The Balaban J connectivity index is 2.16. The van der Waals surface area contributed by atoms with Crippen LogP contribution in [0.25, 0.3) is 0 Å². The highest BCUT2D eigenvalue weighted by Crippen LogP contribution is 2.32. The molecule has 2 aromatic rings. The first-order chi connectivity index (χ1) is 14.1. The quantitative estimate of drug-likeness (QED) is 0.263. The molecule has 0 aromatic heterocycles. The van der Waals surface area contributed by atoms with Gasteiger partial charge in [-0.3, -0.25) is 4.79 Å². The highest BCUT2D eigenvalue weighted by molar-refractivity contribution is 7.80. The van der Waals surface area contributed by atoms with Gasteiger partial charge in [0.25, 0.3) is 5.91 Å². The monoisotopic (exact) mass is 529 g/mol. The first-order valence-electron chi connectivity index (χ1n) is 8.18. The molecule has 6 nitrogen and oxygen atoms in total. The minimum Gasteiger partial charge on any atom is -0.493 e. The fourth-order valence-corrected chi connectivity index (χ4v) is 3.33. The lowest BCUT2D eigenvalue weighted by molar-refractivity contribution is 0.0934.